The average molecular weight is 458 g/mol. The second kappa shape index (κ2) is 9.91. The molecule has 0 bridgehead atoms. The van der Waals surface area contributed by atoms with Gasteiger partial charge in [0.2, 0.25) is 0 Å². The van der Waals surface area contributed by atoms with Crippen LogP contribution in [0.2, 0.25) is 0 Å². The number of carboxylic acids is 1. The number of aryl methyl sites for hydroxylation is 1. The van der Waals surface area contributed by atoms with E-state index in [0.717, 1.165) is 72.7 Å². The number of aliphatic carboxylic acids is 1. The van der Waals surface area contributed by atoms with E-state index in [-0.39, 0.29) is 12.6 Å². The number of carboxylic acid groups (broad SMARTS) is 1. The minimum atomic E-state index is -0.860. The van der Waals surface area contributed by atoms with E-state index in [1.807, 2.05) is 41.2 Å². The standard InChI is InChI=1S/C27H31N5O2/c28-12-3-4-14-31(24-11-5-7-19-8-6-13-29-27(19)24)17-20-15-22-21-9-1-2-10-23(21)32(18-26(33)34)25(22)16-30-20/h1-2,6,8-10,13,15-16,24H,3-5,7,11-12,14,17-18,28H2,(H,33,34)/t24-/m1/s1. The third kappa shape index (κ3) is 4.41. The Bertz CT molecular complexity index is 1320. The van der Waals surface area contributed by atoms with E-state index >= 15 is 0 Å². The third-order valence-corrected chi connectivity index (χ3v) is 6.88. The Balaban J connectivity index is 1.51. The van der Waals surface area contributed by atoms with Crippen LogP contribution in [-0.2, 0) is 24.3 Å². The lowest BCUT2D eigenvalue weighted by atomic mass is 9.90. The van der Waals surface area contributed by atoms with Gasteiger partial charge in [-0.3, -0.25) is 19.7 Å². The average Bonchev–Trinajstić information content (AvgIpc) is 3.16. The Morgan fingerprint density at radius 1 is 1.12 bits per heavy atom. The van der Waals surface area contributed by atoms with Gasteiger partial charge in [-0.1, -0.05) is 24.3 Å². The van der Waals surface area contributed by atoms with Gasteiger partial charge in [0, 0.05) is 29.0 Å². The Morgan fingerprint density at radius 3 is 2.85 bits per heavy atom. The van der Waals surface area contributed by atoms with Crippen LogP contribution >= 0.6 is 0 Å². The number of para-hydroxylation sites is 1. The van der Waals surface area contributed by atoms with Crippen LogP contribution in [0.1, 0.15) is 48.7 Å². The molecule has 5 rings (SSSR count). The van der Waals surface area contributed by atoms with Crippen molar-refractivity contribution in [2.75, 3.05) is 13.1 Å². The molecule has 176 valence electrons. The summed E-state index contributed by atoms with van der Waals surface area (Å²) in [6, 6.07) is 14.6. The molecule has 0 fully saturated rings. The van der Waals surface area contributed by atoms with Crippen molar-refractivity contribution in [2.24, 2.45) is 5.73 Å². The predicted octanol–water partition coefficient (Wildman–Crippen LogP) is 4.29. The monoisotopic (exact) mass is 457 g/mol. The number of pyridine rings is 2. The Hall–Kier alpha value is -3.29. The predicted molar refractivity (Wildman–Crippen MR) is 133 cm³/mol. The van der Waals surface area contributed by atoms with Crippen LogP contribution in [-0.4, -0.2) is 43.6 Å². The topological polar surface area (TPSA) is 97.3 Å². The molecule has 7 heteroatoms. The highest BCUT2D eigenvalue weighted by atomic mass is 16.4. The lowest BCUT2D eigenvalue weighted by Crippen LogP contribution is -2.33. The molecule has 0 radical (unpaired) electrons. The fourth-order valence-electron chi connectivity index (χ4n) is 5.33. The van der Waals surface area contributed by atoms with Crippen molar-refractivity contribution in [2.45, 2.75) is 51.2 Å². The van der Waals surface area contributed by atoms with Crippen molar-refractivity contribution in [3.8, 4) is 0 Å². The summed E-state index contributed by atoms with van der Waals surface area (Å²) in [5, 5.41) is 11.5. The summed E-state index contributed by atoms with van der Waals surface area (Å²) in [4.78, 5) is 23.6. The van der Waals surface area contributed by atoms with Crippen molar-refractivity contribution >= 4 is 27.8 Å². The number of aromatic nitrogens is 3. The number of carbonyl (C=O) groups is 1. The molecule has 3 N–H and O–H groups in total. The molecule has 1 aliphatic rings. The van der Waals surface area contributed by atoms with E-state index in [0.29, 0.717) is 6.54 Å². The maximum Gasteiger partial charge on any atom is 0.323 e. The van der Waals surface area contributed by atoms with E-state index in [1.165, 1.54) is 11.3 Å². The number of hydrogen-bond donors (Lipinski definition) is 2. The lowest BCUT2D eigenvalue weighted by molar-refractivity contribution is -0.137. The van der Waals surface area contributed by atoms with Gasteiger partial charge in [0.1, 0.15) is 6.54 Å². The summed E-state index contributed by atoms with van der Waals surface area (Å²) < 4.78 is 1.84. The molecular weight excluding hydrogens is 426 g/mol. The van der Waals surface area contributed by atoms with Gasteiger partial charge in [0.15, 0.2) is 0 Å². The lowest BCUT2D eigenvalue weighted by Gasteiger charge is -2.35. The van der Waals surface area contributed by atoms with Gasteiger partial charge in [-0.2, -0.15) is 0 Å². The highest BCUT2D eigenvalue weighted by molar-refractivity contribution is 6.08. The van der Waals surface area contributed by atoms with Crippen LogP contribution in [0.5, 0.6) is 0 Å². The molecule has 1 atom stereocenters. The minimum absolute atomic E-state index is 0.0826. The number of nitrogens with two attached hydrogens (primary N) is 1. The molecule has 0 saturated carbocycles. The zero-order valence-corrected chi connectivity index (χ0v) is 19.4. The number of fused-ring (bicyclic) bond motifs is 4. The fourth-order valence-corrected chi connectivity index (χ4v) is 5.33. The zero-order chi connectivity index (χ0) is 23.5. The summed E-state index contributed by atoms with van der Waals surface area (Å²) in [7, 11) is 0. The van der Waals surface area contributed by atoms with Gasteiger partial charge in [-0.15, -0.1) is 0 Å². The van der Waals surface area contributed by atoms with Gasteiger partial charge in [0.25, 0.3) is 0 Å². The molecule has 0 aliphatic heterocycles. The van der Waals surface area contributed by atoms with E-state index in [9.17, 15) is 9.90 Å². The second-order valence-corrected chi connectivity index (χ2v) is 9.11. The van der Waals surface area contributed by atoms with Crippen molar-refractivity contribution < 1.29 is 9.90 Å². The highest BCUT2D eigenvalue weighted by Gasteiger charge is 2.27. The number of hydrogen-bond acceptors (Lipinski definition) is 5. The first-order valence-electron chi connectivity index (χ1n) is 12.1. The van der Waals surface area contributed by atoms with Crippen LogP contribution in [0, 0.1) is 0 Å². The van der Waals surface area contributed by atoms with E-state index < -0.39 is 5.97 Å². The normalized spacial score (nSPS) is 15.8. The maximum absolute atomic E-state index is 11.5. The molecule has 1 aromatic carbocycles. The minimum Gasteiger partial charge on any atom is -0.480 e. The molecule has 34 heavy (non-hydrogen) atoms. The molecule has 4 aromatic rings. The number of unbranched alkanes of at least 4 members (excludes halogenated alkanes) is 1. The van der Waals surface area contributed by atoms with Gasteiger partial charge >= 0.3 is 5.97 Å². The molecule has 3 heterocycles. The Kier molecular flexibility index (Phi) is 6.56. The number of nitrogens with zero attached hydrogens (tertiary/aromatic N) is 4. The highest BCUT2D eigenvalue weighted by Crippen LogP contribution is 2.35. The van der Waals surface area contributed by atoms with Gasteiger partial charge in [0.05, 0.1) is 29.1 Å². The van der Waals surface area contributed by atoms with Crippen LogP contribution in [0.3, 0.4) is 0 Å². The molecule has 0 spiro atoms. The van der Waals surface area contributed by atoms with Crippen molar-refractivity contribution in [3.63, 3.8) is 0 Å². The smallest absolute Gasteiger partial charge is 0.323 e. The first kappa shape index (κ1) is 22.5. The summed E-state index contributed by atoms with van der Waals surface area (Å²) in [6.07, 6.45) is 9.10. The Labute approximate surface area is 199 Å². The molecular formula is C27H31N5O2. The largest absolute Gasteiger partial charge is 0.480 e. The number of rotatable bonds is 9. The second-order valence-electron chi connectivity index (χ2n) is 9.11. The SMILES string of the molecule is NCCCCN(Cc1cc2c3ccccc3n(CC(=O)O)c2cn1)[C@@H]1CCCc2cccnc21. The van der Waals surface area contributed by atoms with E-state index in [4.69, 9.17) is 15.7 Å². The van der Waals surface area contributed by atoms with Crippen LogP contribution in [0.25, 0.3) is 21.8 Å². The Morgan fingerprint density at radius 2 is 2.00 bits per heavy atom. The molecule has 0 saturated heterocycles. The van der Waals surface area contributed by atoms with Crippen LogP contribution < -0.4 is 5.73 Å². The van der Waals surface area contributed by atoms with Gasteiger partial charge in [-0.25, -0.2) is 0 Å². The summed E-state index contributed by atoms with van der Waals surface area (Å²) in [6.45, 7) is 2.28. The summed E-state index contributed by atoms with van der Waals surface area (Å²) in [5.74, 6) is -0.860. The summed E-state index contributed by atoms with van der Waals surface area (Å²) >= 11 is 0. The van der Waals surface area contributed by atoms with Crippen molar-refractivity contribution in [1.82, 2.24) is 19.4 Å². The van der Waals surface area contributed by atoms with E-state index in [1.54, 1.807) is 0 Å². The fraction of sp³-hybridized carbons (Fsp3) is 0.370. The van der Waals surface area contributed by atoms with E-state index in [2.05, 4.69) is 23.1 Å². The van der Waals surface area contributed by atoms with Crippen molar-refractivity contribution in [1.29, 1.82) is 0 Å². The first-order valence-corrected chi connectivity index (χ1v) is 12.1. The third-order valence-electron chi connectivity index (χ3n) is 6.88. The molecule has 3 aromatic heterocycles. The quantitative estimate of drug-likeness (QED) is 0.364. The van der Waals surface area contributed by atoms with Gasteiger partial charge in [-0.05, 0) is 69.0 Å². The molecule has 7 nitrogen and oxygen atoms in total. The molecule has 1 aliphatic carbocycles. The molecule has 0 unspecified atom stereocenters. The van der Waals surface area contributed by atoms with Crippen LogP contribution in [0.15, 0.2) is 54.9 Å². The zero-order valence-electron chi connectivity index (χ0n) is 19.4. The first-order chi connectivity index (χ1) is 16.7. The number of benzene rings is 1. The maximum atomic E-state index is 11.5. The van der Waals surface area contributed by atoms with Gasteiger partial charge < -0.3 is 15.4 Å². The molecule has 0 amide bonds. The van der Waals surface area contributed by atoms with Crippen molar-refractivity contribution in [3.05, 3.63) is 71.8 Å². The summed E-state index contributed by atoms with van der Waals surface area (Å²) in [5.41, 5.74) is 11.1. The van der Waals surface area contributed by atoms with Crippen LogP contribution in [0.4, 0.5) is 0 Å².